The smallest absolute Gasteiger partial charge is 0.226 e. The molecule has 0 spiro atoms. The molecule has 7 nitrogen and oxygen atoms in total. The molecule has 4 unspecified atom stereocenters. The number of fused-ring (bicyclic) bond motifs is 1. The number of carbonyl (C=O) groups excluding carboxylic acids is 2. The zero-order valence-electron chi connectivity index (χ0n) is 17.3. The van der Waals surface area contributed by atoms with Crippen LogP contribution >= 0.6 is 0 Å². The van der Waals surface area contributed by atoms with Crippen molar-refractivity contribution < 1.29 is 9.59 Å². The lowest BCUT2D eigenvalue weighted by molar-refractivity contribution is -0.155. The van der Waals surface area contributed by atoms with Gasteiger partial charge in [0.15, 0.2) is 0 Å². The molecule has 3 saturated heterocycles. The van der Waals surface area contributed by atoms with Crippen LogP contribution in [0.1, 0.15) is 46.0 Å². The van der Waals surface area contributed by atoms with E-state index >= 15 is 0 Å². The van der Waals surface area contributed by atoms with Crippen molar-refractivity contribution in [3.63, 3.8) is 0 Å². The Morgan fingerprint density at radius 1 is 0.929 bits per heavy atom. The Morgan fingerprint density at radius 2 is 1.71 bits per heavy atom. The van der Waals surface area contributed by atoms with Gasteiger partial charge in [0.1, 0.15) is 0 Å². The fraction of sp³-hybridized carbons (Fsp3) is 0.905. The lowest BCUT2D eigenvalue weighted by Gasteiger charge is -2.54. The number of piperazine rings is 1. The van der Waals surface area contributed by atoms with Crippen LogP contribution in [0, 0.1) is 17.8 Å². The number of rotatable bonds is 3. The molecular weight excluding hydrogens is 354 g/mol. The van der Waals surface area contributed by atoms with Gasteiger partial charge in [0.05, 0.1) is 12.1 Å². The molecule has 0 bridgehead atoms. The van der Waals surface area contributed by atoms with Crippen molar-refractivity contribution in [2.45, 2.75) is 70.1 Å². The first-order valence-electron chi connectivity index (χ1n) is 11.3. The Bertz CT molecular complexity index is 634. The van der Waals surface area contributed by atoms with Crippen molar-refractivity contribution in [2.24, 2.45) is 17.8 Å². The normalized spacial score (nSPS) is 39.6. The van der Waals surface area contributed by atoms with Crippen LogP contribution in [0.25, 0.3) is 0 Å². The van der Waals surface area contributed by atoms with Crippen LogP contribution in [0.2, 0.25) is 0 Å². The van der Waals surface area contributed by atoms with Gasteiger partial charge in [0.2, 0.25) is 11.8 Å². The second-order valence-corrected chi connectivity index (χ2v) is 9.83. The summed E-state index contributed by atoms with van der Waals surface area (Å²) in [4.78, 5) is 29.7. The van der Waals surface area contributed by atoms with E-state index in [1.54, 1.807) is 6.92 Å². The molecule has 5 rings (SSSR count). The van der Waals surface area contributed by atoms with Crippen LogP contribution in [0.4, 0.5) is 0 Å². The minimum Gasteiger partial charge on any atom is -0.335 e. The summed E-state index contributed by atoms with van der Waals surface area (Å²) in [5.41, 5.74) is 3.62. The molecule has 0 aromatic heterocycles. The van der Waals surface area contributed by atoms with Crippen LogP contribution in [0.15, 0.2) is 0 Å². The first kappa shape index (κ1) is 18.8. The van der Waals surface area contributed by atoms with Gasteiger partial charge in [-0.2, -0.15) is 0 Å². The SMILES string of the molecule is CC(=O)N1C2CCC(C3CNN(C4CNC4)C3)CC2N(C(=O)C2CC2)C[C@@H]1C. The number of nitrogens with one attached hydrogen (secondary N) is 2. The number of hydrogen-bond acceptors (Lipinski definition) is 5. The Labute approximate surface area is 168 Å². The number of hydrazine groups is 1. The van der Waals surface area contributed by atoms with E-state index in [-0.39, 0.29) is 30.0 Å². The predicted octanol–water partition coefficient (Wildman–Crippen LogP) is 0.421. The molecule has 5 fully saturated rings. The highest BCUT2D eigenvalue weighted by molar-refractivity contribution is 5.82. The summed E-state index contributed by atoms with van der Waals surface area (Å²) in [6, 6.07) is 1.19. The van der Waals surface area contributed by atoms with Crippen molar-refractivity contribution in [1.29, 1.82) is 0 Å². The summed E-state index contributed by atoms with van der Waals surface area (Å²) >= 11 is 0. The van der Waals surface area contributed by atoms with Gasteiger partial charge in [0.25, 0.3) is 0 Å². The third-order valence-corrected chi connectivity index (χ3v) is 7.94. The first-order chi connectivity index (χ1) is 13.5. The second-order valence-electron chi connectivity index (χ2n) is 9.83. The molecule has 2 N–H and O–H groups in total. The number of carbonyl (C=O) groups is 2. The maximum absolute atomic E-state index is 13.0. The van der Waals surface area contributed by atoms with Gasteiger partial charge in [-0.15, -0.1) is 0 Å². The average Bonchev–Trinajstić information content (AvgIpc) is 3.37. The summed E-state index contributed by atoms with van der Waals surface area (Å²) in [5, 5.41) is 5.80. The van der Waals surface area contributed by atoms with E-state index in [4.69, 9.17) is 0 Å². The van der Waals surface area contributed by atoms with E-state index in [1.165, 1.54) is 6.42 Å². The predicted molar refractivity (Wildman–Crippen MR) is 106 cm³/mol. The molecule has 3 heterocycles. The fourth-order valence-corrected chi connectivity index (χ4v) is 6.15. The summed E-state index contributed by atoms with van der Waals surface area (Å²) in [6.07, 6.45) is 5.37. The highest BCUT2D eigenvalue weighted by atomic mass is 16.2. The largest absolute Gasteiger partial charge is 0.335 e. The van der Waals surface area contributed by atoms with Gasteiger partial charge in [-0.3, -0.25) is 15.0 Å². The third kappa shape index (κ3) is 3.25. The van der Waals surface area contributed by atoms with E-state index < -0.39 is 0 Å². The Morgan fingerprint density at radius 3 is 2.36 bits per heavy atom. The van der Waals surface area contributed by atoms with Gasteiger partial charge in [-0.25, -0.2) is 5.01 Å². The minimum atomic E-state index is 0.132. The van der Waals surface area contributed by atoms with Crippen LogP contribution in [0.3, 0.4) is 0 Å². The van der Waals surface area contributed by atoms with Crippen LogP contribution < -0.4 is 10.7 Å². The van der Waals surface area contributed by atoms with Gasteiger partial charge >= 0.3 is 0 Å². The molecule has 5 aliphatic rings. The molecular formula is C21H35N5O2. The summed E-state index contributed by atoms with van der Waals surface area (Å²) in [7, 11) is 0. The zero-order valence-corrected chi connectivity index (χ0v) is 17.3. The molecule has 2 amide bonds. The van der Waals surface area contributed by atoms with E-state index in [0.29, 0.717) is 30.3 Å². The molecule has 0 aromatic carbocycles. The number of hydrogen-bond donors (Lipinski definition) is 2. The van der Waals surface area contributed by atoms with Crippen molar-refractivity contribution in [3.05, 3.63) is 0 Å². The van der Waals surface area contributed by atoms with Gasteiger partial charge in [0, 0.05) is 57.6 Å². The monoisotopic (exact) mass is 389 g/mol. The van der Waals surface area contributed by atoms with Crippen molar-refractivity contribution >= 4 is 11.8 Å². The van der Waals surface area contributed by atoms with E-state index in [9.17, 15) is 9.59 Å². The molecule has 0 aromatic rings. The van der Waals surface area contributed by atoms with Crippen molar-refractivity contribution in [2.75, 3.05) is 32.7 Å². The molecule has 156 valence electrons. The lowest BCUT2D eigenvalue weighted by Crippen LogP contribution is -2.67. The maximum Gasteiger partial charge on any atom is 0.226 e. The van der Waals surface area contributed by atoms with E-state index in [2.05, 4.69) is 32.5 Å². The molecule has 0 radical (unpaired) electrons. The molecule has 2 saturated carbocycles. The van der Waals surface area contributed by atoms with Crippen LogP contribution in [-0.2, 0) is 9.59 Å². The summed E-state index contributed by atoms with van der Waals surface area (Å²) in [6.45, 7) is 8.88. The van der Waals surface area contributed by atoms with Crippen molar-refractivity contribution in [3.8, 4) is 0 Å². The van der Waals surface area contributed by atoms with Gasteiger partial charge < -0.3 is 15.1 Å². The maximum atomic E-state index is 13.0. The molecule has 2 aliphatic carbocycles. The quantitative estimate of drug-likeness (QED) is 0.732. The van der Waals surface area contributed by atoms with Crippen LogP contribution in [0.5, 0.6) is 0 Å². The standard InChI is InChI=1S/C21H35N5O2/c1-13-11-24(21(28)15-3-4-15)20-7-16(5-6-19(20)26(13)14(2)27)17-8-23-25(12-17)18-9-22-10-18/h13,15-20,22-23H,3-12H2,1-2H3/t13-,16?,17?,19?,20?/m0/s1. The molecule has 28 heavy (non-hydrogen) atoms. The molecule has 5 atom stereocenters. The fourth-order valence-electron chi connectivity index (χ4n) is 6.15. The van der Waals surface area contributed by atoms with Gasteiger partial charge in [-0.05, 0) is 50.9 Å². The molecule has 3 aliphatic heterocycles. The summed E-state index contributed by atoms with van der Waals surface area (Å²) in [5.74, 6) is 2.09. The number of amides is 2. The lowest BCUT2D eigenvalue weighted by atomic mass is 9.73. The average molecular weight is 390 g/mol. The summed E-state index contributed by atoms with van der Waals surface area (Å²) < 4.78 is 0. The third-order valence-electron chi connectivity index (χ3n) is 7.94. The van der Waals surface area contributed by atoms with Crippen LogP contribution in [-0.4, -0.2) is 83.5 Å². The Balaban J connectivity index is 1.31. The van der Waals surface area contributed by atoms with Crippen molar-refractivity contribution in [1.82, 2.24) is 25.6 Å². The minimum absolute atomic E-state index is 0.132. The Kier molecular flexibility index (Phi) is 4.88. The van der Waals surface area contributed by atoms with E-state index in [0.717, 1.165) is 51.9 Å². The highest BCUT2D eigenvalue weighted by Crippen LogP contribution is 2.42. The topological polar surface area (TPSA) is 67.9 Å². The zero-order chi connectivity index (χ0) is 19.4. The highest BCUT2D eigenvalue weighted by Gasteiger charge is 2.50. The molecule has 7 heteroatoms. The number of nitrogens with zero attached hydrogens (tertiary/aromatic N) is 3. The Hall–Kier alpha value is -1.18. The van der Waals surface area contributed by atoms with E-state index in [1.807, 2.05) is 0 Å². The van der Waals surface area contributed by atoms with Gasteiger partial charge in [-0.1, -0.05) is 0 Å². The second kappa shape index (κ2) is 7.26. The first-order valence-corrected chi connectivity index (χ1v) is 11.3.